The Kier molecular flexibility index (Phi) is 6.90. The van der Waals surface area contributed by atoms with Crippen molar-refractivity contribution < 1.29 is 4.74 Å². The second kappa shape index (κ2) is 10.2. The molecule has 0 aliphatic rings. The van der Waals surface area contributed by atoms with Gasteiger partial charge in [-0.05, 0) is 87.8 Å². The van der Waals surface area contributed by atoms with E-state index in [0.717, 1.165) is 31.4 Å². The van der Waals surface area contributed by atoms with Gasteiger partial charge in [-0.3, -0.25) is 0 Å². The fourth-order valence-electron chi connectivity index (χ4n) is 4.41. The molecular formula is C32H24Br2O. The van der Waals surface area contributed by atoms with Crippen LogP contribution in [-0.2, 0) is 0 Å². The number of benzene rings is 5. The zero-order valence-corrected chi connectivity index (χ0v) is 22.7. The normalized spacial score (nSPS) is 10.9. The Bertz CT molecular complexity index is 1420. The first-order chi connectivity index (χ1) is 17.0. The molecule has 0 aliphatic carbocycles. The molecule has 5 aromatic carbocycles. The van der Waals surface area contributed by atoms with Crippen LogP contribution in [0.25, 0.3) is 44.5 Å². The Morgan fingerprint density at radius 3 is 1.49 bits per heavy atom. The van der Waals surface area contributed by atoms with Gasteiger partial charge >= 0.3 is 0 Å². The molecule has 0 fully saturated rings. The molecule has 1 nitrogen and oxygen atoms in total. The predicted molar refractivity (Wildman–Crippen MR) is 155 cm³/mol. The lowest BCUT2D eigenvalue weighted by Gasteiger charge is -2.20. The largest absolute Gasteiger partial charge is 0.497 e. The maximum absolute atomic E-state index is 5.44. The number of hydrogen-bond acceptors (Lipinski definition) is 1. The van der Waals surface area contributed by atoms with E-state index in [4.69, 9.17) is 4.74 Å². The highest BCUT2D eigenvalue weighted by Gasteiger charge is 2.19. The molecule has 0 amide bonds. The van der Waals surface area contributed by atoms with Gasteiger partial charge in [-0.1, -0.05) is 110 Å². The van der Waals surface area contributed by atoms with E-state index >= 15 is 0 Å². The molecule has 0 unspecified atom stereocenters. The van der Waals surface area contributed by atoms with Crippen LogP contribution in [0.4, 0.5) is 0 Å². The van der Waals surface area contributed by atoms with Crippen molar-refractivity contribution in [1.29, 1.82) is 0 Å². The fraction of sp³-hybridized carbons (Fsp3) is 0.0625. The van der Waals surface area contributed by atoms with Gasteiger partial charge in [0.25, 0.3) is 0 Å². The van der Waals surface area contributed by atoms with Gasteiger partial charge < -0.3 is 4.74 Å². The van der Waals surface area contributed by atoms with Crippen LogP contribution in [0.1, 0.15) is 5.56 Å². The quantitative estimate of drug-likeness (QED) is 0.200. The molecule has 0 saturated carbocycles. The third-order valence-corrected chi connectivity index (χ3v) is 7.61. The first-order valence-corrected chi connectivity index (χ1v) is 13.0. The molecule has 0 atom stereocenters. The van der Waals surface area contributed by atoms with Gasteiger partial charge in [0.2, 0.25) is 0 Å². The Balaban J connectivity index is 1.89. The van der Waals surface area contributed by atoms with E-state index in [1.165, 1.54) is 33.4 Å². The van der Waals surface area contributed by atoms with Gasteiger partial charge in [-0.15, -0.1) is 0 Å². The Labute approximate surface area is 223 Å². The second-order valence-corrected chi connectivity index (χ2v) is 10.2. The summed E-state index contributed by atoms with van der Waals surface area (Å²) in [7, 11) is 1.70. The summed E-state index contributed by atoms with van der Waals surface area (Å²) >= 11 is 7.64. The van der Waals surface area contributed by atoms with Crippen molar-refractivity contribution in [2.24, 2.45) is 0 Å². The van der Waals surface area contributed by atoms with Crippen LogP contribution in [0.3, 0.4) is 0 Å². The Hall–Kier alpha value is -3.14. The Morgan fingerprint density at radius 1 is 0.514 bits per heavy atom. The van der Waals surface area contributed by atoms with Gasteiger partial charge in [-0.25, -0.2) is 0 Å². The summed E-state index contributed by atoms with van der Waals surface area (Å²) < 4.78 is 7.57. The molecule has 0 spiro atoms. The molecule has 0 bridgehead atoms. The first kappa shape index (κ1) is 23.6. The molecule has 0 N–H and O–H groups in total. The van der Waals surface area contributed by atoms with E-state index in [1.807, 2.05) is 12.1 Å². The molecule has 35 heavy (non-hydrogen) atoms. The molecule has 3 heteroatoms. The molecule has 172 valence electrons. The summed E-state index contributed by atoms with van der Waals surface area (Å²) in [5.74, 6) is 0.843. The third-order valence-electron chi connectivity index (χ3n) is 6.23. The number of halogens is 2. The van der Waals surface area contributed by atoms with E-state index in [9.17, 15) is 0 Å². The van der Waals surface area contributed by atoms with Crippen molar-refractivity contribution >= 4 is 31.9 Å². The lowest BCUT2D eigenvalue weighted by Crippen LogP contribution is -1.94. The molecule has 0 aliphatic heterocycles. The summed E-state index contributed by atoms with van der Waals surface area (Å²) in [6.45, 7) is 2.12. The average molecular weight is 584 g/mol. The number of aryl methyl sites for hydroxylation is 1. The number of methoxy groups -OCH3 is 1. The van der Waals surface area contributed by atoms with E-state index in [1.54, 1.807) is 7.11 Å². The van der Waals surface area contributed by atoms with E-state index in [-0.39, 0.29) is 0 Å². The van der Waals surface area contributed by atoms with Crippen molar-refractivity contribution in [1.82, 2.24) is 0 Å². The monoisotopic (exact) mass is 582 g/mol. The summed E-state index contributed by atoms with van der Waals surface area (Å²) in [6, 6.07) is 38.5. The van der Waals surface area contributed by atoms with Crippen molar-refractivity contribution in [3.8, 4) is 50.3 Å². The highest BCUT2D eigenvalue weighted by Crippen LogP contribution is 2.46. The number of hydrogen-bond donors (Lipinski definition) is 0. The fourth-order valence-corrected chi connectivity index (χ4v) is 5.40. The molecule has 5 rings (SSSR count). The lowest BCUT2D eigenvalue weighted by molar-refractivity contribution is 0.415. The standard InChI is InChI=1S/C32H24Br2O/c1-21-11-13-22(14-12-21)24-19-28(26-7-3-5-9-30(26)33)32(23-15-17-25(35-2)18-16-23)29(20-24)27-8-4-6-10-31(27)34/h3-20H,1-2H3. The highest BCUT2D eigenvalue weighted by molar-refractivity contribution is 9.11. The van der Waals surface area contributed by atoms with Crippen molar-refractivity contribution in [2.45, 2.75) is 6.92 Å². The minimum Gasteiger partial charge on any atom is -0.497 e. The minimum absolute atomic E-state index is 0.843. The van der Waals surface area contributed by atoms with Crippen molar-refractivity contribution in [2.75, 3.05) is 7.11 Å². The lowest BCUT2D eigenvalue weighted by atomic mass is 9.84. The molecule has 0 heterocycles. The number of ether oxygens (including phenoxy) is 1. The minimum atomic E-state index is 0.843. The van der Waals surface area contributed by atoms with Crippen molar-refractivity contribution in [3.63, 3.8) is 0 Å². The molecule has 0 saturated heterocycles. The van der Waals surface area contributed by atoms with Gasteiger partial charge in [0.1, 0.15) is 5.75 Å². The van der Waals surface area contributed by atoms with Crippen LogP contribution >= 0.6 is 31.9 Å². The Morgan fingerprint density at radius 2 is 1.00 bits per heavy atom. The van der Waals surface area contributed by atoms with Gasteiger partial charge in [-0.2, -0.15) is 0 Å². The molecule has 0 radical (unpaired) electrons. The maximum atomic E-state index is 5.44. The van der Waals surface area contributed by atoms with Crippen molar-refractivity contribution in [3.05, 3.63) is 124 Å². The number of rotatable bonds is 5. The molecule has 5 aromatic rings. The predicted octanol–water partition coefficient (Wildman–Crippen LogP) is 10.2. The third kappa shape index (κ3) is 4.84. The topological polar surface area (TPSA) is 9.23 Å². The van der Waals surface area contributed by atoms with Crippen LogP contribution in [0, 0.1) is 6.92 Å². The highest BCUT2D eigenvalue weighted by atomic mass is 79.9. The summed E-state index contributed by atoms with van der Waals surface area (Å²) in [5, 5.41) is 0. The summed E-state index contributed by atoms with van der Waals surface area (Å²) in [5.41, 5.74) is 10.6. The van der Waals surface area contributed by atoms with Gasteiger partial charge in [0.05, 0.1) is 7.11 Å². The van der Waals surface area contributed by atoms with Crippen LogP contribution in [-0.4, -0.2) is 7.11 Å². The van der Waals surface area contributed by atoms with Crippen LogP contribution < -0.4 is 4.74 Å². The zero-order chi connectivity index (χ0) is 24.4. The van der Waals surface area contributed by atoms with E-state index < -0.39 is 0 Å². The van der Waals surface area contributed by atoms with Gasteiger partial charge in [0.15, 0.2) is 0 Å². The molecule has 0 aromatic heterocycles. The molecular weight excluding hydrogens is 560 g/mol. The average Bonchev–Trinajstić information content (AvgIpc) is 2.89. The van der Waals surface area contributed by atoms with Crippen LogP contribution in [0.5, 0.6) is 5.75 Å². The van der Waals surface area contributed by atoms with Crippen LogP contribution in [0.15, 0.2) is 118 Å². The SMILES string of the molecule is COc1ccc(-c2c(-c3ccccc3Br)cc(-c3ccc(C)cc3)cc2-c2ccccc2Br)cc1. The van der Waals surface area contributed by atoms with Crippen LogP contribution in [0.2, 0.25) is 0 Å². The van der Waals surface area contributed by atoms with Gasteiger partial charge in [0, 0.05) is 8.95 Å². The summed E-state index contributed by atoms with van der Waals surface area (Å²) in [6.07, 6.45) is 0. The zero-order valence-electron chi connectivity index (χ0n) is 19.6. The smallest absolute Gasteiger partial charge is 0.118 e. The second-order valence-electron chi connectivity index (χ2n) is 8.50. The van der Waals surface area contributed by atoms with E-state index in [0.29, 0.717) is 0 Å². The van der Waals surface area contributed by atoms with E-state index in [2.05, 4.69) is 136 Å². The maximum Gasteiger partial charge on any atom is 0.118 e. The summed E-state index contributed by atoms with van der Waals surface area (Å²) in [4.78, 5) is 0. The first-order valence-electron chi connectivity index (χ1n) is 11.4.